The van der Waals surface area contributed by atoms with E-state index >= 15 is 0 Å². The molecule has 2 N–H and O–H groups in total. The van der Waals surface area contributed by atoms with E-state index in [4.69, 9.17) is 11.6 Å². The summed E-state index contributed by atoms with van der Waals surface area (Å²) in [7, 11) is 0. The van der Waals surface area contributed by atoms with Gasteiger partial charge >= 0.3 is 0 Å². The van der Waals surface area contributed by atoms with Crippen LogP contribution in [0.2, 0.25) is 5.02 Å². The Labute approximate surface area is 125 Å². The molecule has 0 aliphatic heterocycles. The van der Waals surface area contributed by atoms with Crippen LogP contribution in [0.1, 0.15) is 28.9 Å². The Kier molecular flexibility index (Phi) is 4.43. The quantitative estimate of drug-likeness (QED) is 0.905. The van der Waals surface area contributed by atoms with Gasteiger partial charge in [-0.1, -0.05) is 17.7 Å². The Hall–Kier alpha value is -2.14. The van der Waals surface area contributed by atoms with Gasteiger partial charge in [-0.25, -0.2) is 8.78 Å². The molecule has 0 fully saturated rings. The van der Waals surface area contributed by atoms with E-state index in [0.29, 0.717) is 5.02 Å². The molecular formula is C15H12ClF2NO2. The van der Waals surface area contributed by atoms with Crippen LogP contribution in [0.4, 0.5) is 8.78 Å². The monoisotopic (exact) mass is 311 g/mol. The largest absolute Gasteiger partial charge is 0.507 e. The fraction of sp³-hybridized carbons (Fsp3) is 0.133. The van der Waals surface area contributed by atoms with Crippen molar-refractivity contribution in [1.82, 2.24) is 5.32 Å². The molecule has 2 aromatic carbocycles. The lowest BCUT2D eigenvalue weighted by Gasteiger charge is -2.15. The predicted molar refractivity (Wildman–Crippen MR) is 75.4 cm³/mol. The number of amides is 1. The number of halogens is 3. The average molecular weight is 312 g/mol. The van der Waals surface area contributed by atoms with Gasteiger partial charge in [0.1, 0.15) is 17.4 Å². The Morgan fingerprint density at radius 3 is 2.62 bits per heavy atom. The summed E-state index contributed by atoms with van der Waals surface area (Å²) in [4.78, 5) is 12.1. The molecule has 3 nitrogen and oxygen atoms in total. The molecule has 1 atom stereocenters. The van der Waals surface area contributed by atoms with Crippen LogP contribution in [0, 0.1) is 11.6 Å². The number of hydrogen-bond acceptors (Lipinski definition) is 2. The van der Waals surface area contributed by atoms with E-state index in [2.05, 4.69) is 5.32 Å². The zero-order chi connectivity index (χ0) is 15.6. The molecule has 0 saturated heterocycles. The summed E-state index contributed by atoms with van der Waals surface area (Å²) in [6.07, 6.45) is 0. The predicted octanol–water partition coefficient (Wildman–Crippen LogP) is 3.81. The van der Waals surface area contributed by atoms with Gasteiger partial charge in [-0.2, -0.15) is 0 Å². The molecule has 21 heavy (non-hydrogen) atoms. The van der Waals surface area contributed by atoms with Crippen LogP contribution < -0.4 is 5.32 Å². The maximum Gasteiger partial charge on any atom is 0.255 e. The zero-order valence-electron chi connectivity index (χ0n) is 11.0. The average Bonchev–Trinajstić information content (AvgIpc) is 2.41. The van der Waals surface area contributed by atoms with Gasteiger partial charge < -0.3 is 10.4 Å². The maximum atomic E-state index is 13.6. The normalized spacial score (nSPS) is 12.0. The van der Waals surface area contributed by atoms with Crippen LogP contribution >= 0.6 is 11.6 Å². The maximum absolute atomic E-state index is 13.6. The van der Waals surface area contributed by atoms with E-state index in [9.17, 15) is 18.7 Å². The number of carbonyl (C=O) groups excluding carboxylic acids is 1. The second-order valence-corrected chi connectivity index (χ2v) is 4.96. The highest BCUT2D eigenvalue weighted by atomic mass is 35.5. The van der Waals surface area contributed by atoms with Crippen LogP contribution in [-0.4, -0.2) is 11.0 Å². The second kappa shape index (κ2) is 6.10. The highest BCUT2D eigenvalue weighted by molar-refractivity contribution is 6.31. The summed E-state index contributed by atoms with van der Waals surface area (Å²) in [5.74, 6) is -2.28. The highest BCUT2D eigenvalue weighted by Gasteiger charge is 2.17. The Morgan fingerprint density at radius 1 is 1.24 bits per heavy atom. The number of carbonyl (C=O) groups is 1. The van der Waals surface area contributed by atoms with E-state index < -0.39 is 23.6 Å². The number of nitrogens with one attached hydrogen (secondary N) is 1. The molecule has 6 heteroatoms. The summed E-state index contributed by atoms with van der Waals surface area (Å²) in [6, 6.07) is 6.45. The fourth-order valence-electron chi connectivity index (χ4n) is 1.89. The first-order valence-corrected chi connectivity index (χ1v) is 6.50. The van der Waals surface area contributed by atoms with Crippen LogP contribution in [0.25, 0.3) is 0 Å². The molecule has 0 radical (unpaired) electrons. The molecule has 2 rings (SSSR count). The molecule has 0 bridgehead atoms. The van der Waals surface area contributed by atoms with Crippen molar-refractivity contribution in [1.29, 1.82) is 0 Å². The Balaban J connectivity index is 2.20. The number of aromatic hydroxyl groups is 1. The smallest absolute Gasteiger partial charge is 0.255 e. The number of hydrogen-bond donors (Lipinski definition) is 2. The van der Waals surface area contributed by atoms with E-state index in [1.165, 1.54) is 24.3 Å². The van der Waals surface area contributed by atoms with Crippen molar-refractivity contribution in [3.8, 4) is 5.75 Å². The first-order chi connectivity index (χ1) is 9.88. The van der Waals surface area contributed by atoms with Gasteiger partial charge in [0.15, 0.2) is 0 Å². The van der Waals surface area contributed by atoms with Gasteiger partial charge in [0.2, 0.25) is 0 Å². The molecule has 0 aliphatic carbocycles. The Morgan fingerprint density at radius 2 is 1.95 bits per heavy atom. The van der Waals surface area contributed by atoms with Crippen LogP contribution in [0.15, 0.2) is 36.4 Å². The lowest BCUT2D eigenvalue weighted by molar-refractivity contribution is 0.0936. The molecule has 0 aromatic heterocycles. The molecule has 1 amide bonds. The van der Waals surface area contributed by atoms with Crippen LogP contribution in [0.3, 0.4) is 0 Å². The van der Waals surface area contributed by atoms with Crippen molar-refractivity contribution in [2.24, 2.45) is 0 Å². The third kappa shape index (κ3) is 3.49. The van der Waals surface area contributed by atoms with Crippen molar-refractivity contribution in [3.63, 3.8) is 0 Å². The number of phenols is 1. The van der Waals surface area contributed by atoms with E-state index in [1.807, 2.05) is 0 Å². The van der Waals surface area contributed by atoms with Crippen molar-refractivity contribution in [2.45, 2.75) is 13.0 Å². The number of phenolic OH excluding ortho intramolecular Hbond substituents is 1. The molecule has 1 unspecified atom stereocenters. The molecule has 110 valence electrons. The minimum absolute atomic E-state index is 0.0168. The standard InChI is InChI=1S/C15H12ClF2NO2/c1-8(11-4-3-10(17)7-13(11)18)19-15(21)12-6-9(16)2-5-14(12)20/h2-8,20H,1H3,(H,19,21). The summed E-state index contributed by atoms with van der Waals surface area (Å²) in [5.41, 5.74) is 0.128. The molecular weight excluding hydrogens is 300 g/mol. The summed E-state index contributed by atoms with van der Waals surface area (Å²) < 4.78 is 26.5. The van der Waals surface area contributed by atoms with Gasteiger partial charge in [0, 0.05) is 16.7 Å². The third-order valence-corrected chi connectivity index (χ3v) is 3.21. The minimum atomic E-state index is -0.752. The molecule has 0 heterocycles. The summed E-state index contributed by atoms with van der Waals surface area (Å²) in [5, 5.41) is 12.4. The summed E-state index contributed by atoms with van der Waals surface area (Å²) >= 11 is 5.76. The minimum Gasteiger partial charge on any atom is -0.507 e. The molecule has 0 spiro atoms. The molecule has 0 saturated carbocycles. The lowest BCUT2D eigenvalue weighted by atomic mass is 10.1. The SMILES string of the molecule is CC(NC(=O)c1cc(Cl)ccc1O)c1ccc(F)cc1F. The number of rotatable bonds is 3. The fourth-order valence-corrected chi connectivity index (χ4v) is 2.07. The number of benzene rings is 2. The topological polar surface area (TPSA) is 49.3 Å². The first-order valence-electron chi connectivity index (χ1n) is 6.13. The van der Waals surface area contributed by atoms with Gasteiger partial charge in [-0.05, 0) is 31.2 Å². The van der Waals surface area contributed by atoms with Gasteiger partial charge in [0.05, 0.1) is 11.6 Å². The molecule has 0 aliphatic rings. The van der Waals surface area contributed by atoms with Crippen molar-refractivity contribution in [3.05, 3.63) is 64.2 Å². The summed E-state index contributed by atoms with van der Waals surface area (Å²) in [6.45, 7) is 1.55. The van der Waals surface area contributed by atoms with Gasteiger partial charge in [0.25, 0.3) is 5.91 Å². The van der Waals surface area contributed by atoms with Gasteiger partial charge in [-0.15, -0.1) is 0 Å². The van der Waals surface area contributed by atoms with Crippen LogP contribution in [-0.2, 0) is 0 Å². The third-order valence-electron chi connectivity index (χ3n) is 2.98. The lowest BCUT2D eigenvalue weighted by Crippen LogP contribution is -2.27. The zero-order valence-corrected chi connectivity index (χ0v) is 11.8. The van der Waals surface area contributed by atoms with Crippen molar-refractivity contribution >= 4 is 17.5 Å². The van der Waals surface area contributed by atoms with E-state index in [-0.39, 0.29) is 16.9 Å². The molecule has 2 aromatic rings. The second-order valence-electron chi connectivity index (χ2n) is 4.52. The van der Waals surface area contributed by atoms with Crippen LogP contribution in [0.5, 0.6) is 5.75 Å². The Bertz CT molecular complexity index is 691. The van der Waals surface area contributed by atoms with Crippen molar-refractivity contribution < 1.29 is 18.7 Å². The van der Waals surface area contributed by atoms with E-state index in [0.717, 1.165) is 12.1 Å². The van der Waals surface area contributed by atoms with E-state index in [1.54, 1.807) is 6.92 Å². The van der Waals surface area contributed by atoms with Crippen molar-refractivity contribution in [2.75, 3.05) is 0 Å². The highest BCUT2D eigenvalue weighted by Crippen LogP contribution is 2.23. The van der Waals surface area contributed by atoms with Gasteiger partial charge in [-0.3, -0.25) is 4.79 Å². The first kappa shape index (κ1) is 15.3.